The van der Waals surface area contributed by atoms with Gasteiger partial charge in [0.05, 0.1) is 4.90 Å². The summed E-state index contributed by atoms with van der Waals surface area (Å²) < 4.78 is 33.3. The Morgan fingerprint density at radius 3 is 2.62 bits per heavy atom. The molecule has 0 atom stereocenters. The summed E-state index contributed by atoms with van der Waals surface area (Å²) in [6, 6.07) is 18.1. The van der Waals surface area contributed by atoms with E-state index in [4.69, 9.17) is 4.55 Å². The number of benzene rings is 3. The molecule has 7 nitrogen and oxygen atoms in total. The highest BCUT2D eigenvalue weighted by molar-refractivity contribution is 7.85. The number of imidazole rings is 1. The third-order valence-corrected chi connectivity index (χ3v) is 5.69. The van der Waals surface area contributed by atoms with Gasteiger partial charge in [-0.2, -0.15) is 18.0 Å². The maximum absolute atomic E-state index is 11.2. The van der Waals surface area contributed by atoms with Crippen molar-refractivity contribution in [1.82, 2.24) is 14.5 Å². The molecular formula is C21H14N4O3S. The monoisotopic (exact) mass is 402 g/mol. The average Bonchev–Trinajstić information content (AvgIpc) is 3.34. The molecule has 0 unspecified atom stereocenters. The molecule has 0 bridgehead atoms. The average molecular weight is 402 g/mol. The maximum atomic E-state index is 11.2. The van der Waals surface area contributed by atoms with E-state index in [-0.39, 0.29) is 4.90 Å². The van der Waals surface area contributed by atoms with E-state index >= 15 is 0 Å². The summed E-state index contributed by atoms with van der Waals surface area (Å²) in [5, 5.41) is 0. The van der Waals surface area contributed by atoms with E-state index in [9.17, 15) is 8.42 Å². The van der Waals surface area contributed by atoms with Gasteiger partial charge < -0.3 is 9.97 Å². The Hall–Kier alpha value is -3.67. The van der Waals surface area contributed by atoms with Gasteiger partial charge >= 0.3 is 6.33 Å². The molecule has 142 valence electrons. The molecule has 0 fully saturated rings. The van der Waals surface area contributed by atoms with E-state index in [1.165, 1.54) is 12.1 Å². The molecule has 0 aliphatic rings. The summed E-state index contributed by atoms with van der Waals surface area (Å²) >= 11 is 0. The van der Waals surface area contributed by atoms with Crippen molar-refractivity contribution in [3.63, 3.8) is 0 Å². The standard InChI is InChI=1S/C21H14N4O3S/c26-29(27,28)17-5-1-14(2-6-17)11-25-13-24-20-10-16(4-8-21(20)25)15-3-7-18-19(9-15)23-12-22-18/h1-10H,11H2,(H,22,23)(H,26,27,28). The summed E-state index contributed by atoms with van der Waals surface area (Å²) in [5.74, 6) is 0. The first-order valence-electron chi connectivity index (χ1n) is 8.78. The van der Waals surface area contributed by atoms with Gasteiger partial charge in [0.25, 0.3) is 15.6 Å². The van der Waals surface area contributed by atoms with Crippen LogP contribution in [0.2, 0.25) is 0 Å². The van der Waals surface area contributed by atoms with Gasteiger partial charge in [0.1, 0.15) is 6.54 Å². The minimum atomic E-state index is -4.19. The quantitative estimate of drug-likeness (QED) is 0.355. The summed E-state index contributed by atoms with van der Waals surface area (Å²) in [6.45, 7) is 0.483. The molecule has 0 saturated carbocycles. The van der Waals surface area contributed by atoms with Crippen LogP contribution in [0, 0.1) is 12.7 Å². The van der Waals surface area contributed by atoms with Gasteiger partial charge in [-0.05, 0) is 47.3 Å². The van der Waals surface area contributed by atoms with E-state index in [0.717, 1.165) is 38.8 Å². The van der Waals surface area contributed by atoms with Crippen LogP contribution in [0.5, 0.6) is 0 Å². The number of aromatic nitrogens is 4. The number of hydrogen-bond donors (Lipinski definition) is 2. The van der Waals surface area contributed by atoms with Crippen molar-refractivity contribution in [1.29, 1.82) is 0 Å². The summed E-state index contributed by atoms with van der Waals surface area (Å²) in [7, 11) is -4.19. The van der Waals surface area contributed by atoms with Crippen LogP contribution < -0.4 is 4.98 Å². The zero-order valence-electron chi connectivity index (χ0n) is 15.0. The van der Waals surface area contributed by atoms with Crippen molar-refractivity contribution in [2.75, 3.05) is 0 Å². The van der Waals surface area contributed by atoms with Gasteiger partial charge in [-0.1, -0.05) is 35.3 Å². The Morgan fingerprint density at radius 2 is 1.83 bits per heavy atom. The molecule has 5 rings (SSSR count). The Morgan fingerprint density at radius 1 is 1.07 bits per heavy atom. The fourth-order valence-electron chi connectivity index (χ4n) is 3.32. The van der Waals surface area contributed by atoms with Gasteiger partial charge in [0, 0.05) is 6.07 Å². The van der Waals surface area contributed by atoms with Crippen molar-refractivity contribution in [2.45, 2.75) is 11.4 Å². The highest BCUT2D eigenvalue weighted by Gasteiger charge is 2.14. The third-order valence-electron chi connectivity index (χ3n) is 4.82. The second-order valence-electron chi connectivity index (χ2n) is 6.70. The summed E-state index contributed by atoms with van der Waals surface area (Å²) in [6.07, 6.45) is 5.73. The molecule has 0 aliphatic carbocycles. The lowest BCUT2D eigenvalue weighted by Crippen LogP contribution is -2.00. The highest BCUT2D eigenvalue weighted by Crippen LogP contribution is 2.25. The first-order valence-corrected chi connectivity index (χ1v) is 10.2. The van der Waals surface area contributed by atoms with Crippen molar-refractivity contribution >= 4 is 32.2 Å². The first-order chi connectivity index (χ1) is 14.0. The van der Waals surface area contributed by atoms with E-state index in [1.807, 2.05) is 41.0 Å². The maximum Gasteiger partial charge on any atom is 0.384 e. The van der Waals surface area contributed by atoms with Crippen LogP contribution in [0.3, 0.4) is 0 Å². The van der Waals surface area contributed by atoms with Crippen LogP contribution in [0.25, 0.3) is 33.2 Å². The van der Waals surface area contributed by atoms with Gasteiger partial charge in [-0.25, -0.2) is 0 Å². The van der Waals surface area contributed by atoms with E-state index in [1.54, 1.807) is 12.1 Å². The predicted octanol–water partition coefficient (Wildman–Crippen LogP) is 2.68. The predicted molar refractivity (Wildman–Crippen MR) is 106 cm³/mol. The third kappa shape index (κ3) is 3.23. The van der Waals surface area contributed by atoms with Gasteiger partial charge in [-0.3, -0.25) is 4.55 Å². The number of nitrogens with zero attached hydrogens (tertiary/aromatic N) is 3. The van der Waals surface area contributed by atoms with Crippen LogP contribution in [0.15, 0.2) is 65.6 Å². The second-order valence-corrected chi connectivity index (χ2v) is 8.12. The van der Waals surface area contributed by atoms with Crippen molar-refractivity contribution in [2.24, 2.45) is 0 Å². The van der Waals surface area contributed by atoms with Crippen molar-refractivity contribution < 1.29 is 18.0 Å². The fourth-order valence-corrected chi connectivity index (χ4v) is 3.80. The highest BCUT2D eigenvalue weighted by atomic mass is 32.2. The lowest BCUT2D eigenvalue weighted by Gasteiger charge is -2.05. The summed E-state index contributed by atoms with van der Waals surface area (Å²) in [5.41, 5.74) is 6.46. The Kier molecular flexibility index (Phi) is 3.87. The van der Waals surface area contributed by atoms with E-state index in [0.29, 0.717) is 6.54 Å². The van der Waals surface area contributed by atoms with Crippen LogP contribution in [0.4, 0.5) is 0 Å². The van der Waals surface area contributed by atoms with Gasteiger partial charge in [-0.15, -0.1) is 6.07 Å². The molecule has 0 saturated heterocycles. The number of H-pyrrole nitrogens is 1. The van der Waals surface area contributed by atoms with Crippen LogP contribution in [0.1, 0.15) is 5.56 Å². The number of aromatic amines is 1. The molecule has 3 aromatic carbocycles. The molecule has 2 aromatic heterocycles. The van der Waals surface area contributed by atoms with Crippen LogP contribution in [-0.2, 0) is 16.7 Å². The molecule has 0 amide bonds. The molecule has 5 aromatic rings. The normalized spacial score (nSPS) is 11.8. The minimum absolute atomic E-state index is 0.128. The Balaban J connectivity index is 1.46. The number of fused-ring (bicyclic) bond motifs is 2. The van der Waals surface area contributed by atoms with Crippen LogP contribution in [-0.4, -0.2) is 27.5 Å². The molecule has 0 spiro atoms. The Labute approximate surface area is 166 Å². The fraction of sp³-hybridized carbons (Fsp3) is 0.0476. The minimum Gasteiger partial charge on any atom is -0.461 e. The Bertz CT molecular complexity index is 1450. The lowest BCUT2D eigenvalue weighted by molar-refractivity contribution is -0.258. The molecule has 29 heavy (non-hydrogen) atoms. The van der Waals surface area contributed by atoms with Crippen molar-refractivity contribution in [3.8, 4) is 11.1 Å². The van der Waals surface area contributed by atoms with Gasteiger partial charge in [0.2, 0.25) is 5.52 Å². The largest absolute Gasteiger partial charge is 0.461 e. The zero-order valence-corrected chi connectivity index (χ0v) is 15.8. The lowest BCUT2D eigenvalue weighted by atomic mass is 10.0. The van der Waals surface area contributed by atoms with Crippen molar-refractivity contribution in [3.05, 3.63) is 78.9 Å². The molecule has 0 aliphatic heterocycles. The second kappa shape index (κ2) is 6.44. The number of rotatable bonds is 4. The molecular weight excluding hydrogens is 388 g/mol. The van der Waals surface area contributed by atoms with E-state index < -0.39 is 10.1 Å². The SMILES string of the molecule is O=S(=O)(O)c1ccc(Cn2c#[n+]c3cc(-c4ccc5[nH][c-]nc5c4)ccc32)cc1. The molecule has 0 radical (unpaired) electrons. The summed E-state index contributed by atoms with van der Waals surface area (Å²) in [4.78, 5) is 11.4. The topological polar surface area (TPSA) is 102 Å². The first kappa shape index (κ1) is 17.4. The van der Waals surface area contributed by atoms with Crippen LogP contribution >= 0.6 is 0 Å². The zero-order chi connectivity index (χ0) is 20.0. The molecule has 2 heterocycles. The van der Waals surface area contributed by atoms with Gasteiger partial charge in [0.15, 0.2) is 0 Å². The number of nitrogens with one attached hydrogen (secondary N) is 1. The number of hydrogen-bond acceptors (Lipinski definition) is 3. The molecule has 8 heteroatoms. The molecule has 2 N–H and O–H groups in total. The smallest absolute Gasteiger partial charge is 0.384 e. The van der Waals surface area contributed by atoms with E-state index in [2.05, 4.69) is 27.6 Å².